The van der Waals surface area contributed by atoms with Gasteiger partial charge in [-0.2, -0.15) is 0 Å². The lowest BCUT2D eigenvalue weighted by atomic mass is 9.97. The zero-order chi connectivity index (χ0) is 27.1. The molecule has 0 rings (SSSR count). The highest BCUT2D eigenvalue weighted by atomic mass is 16.4. The minimum atomic E-state index is -1.52. The minimum Gasteiger partial charge on any atom is -0.481 e. The van der Waals surface area contributed by atoms with Crippen LogP contribution in [0.25, 0.3) is 0 Å². The minimum absolute atomic E-state index is 0.253. The van der Waals surface area contributed by atoms with Gasteiger partial charge in [0.25, 0.3) is 0 Å². The van der Waals surface area contributed by atoms with Crippen LogP contribution in [0, 0.1) is 5.92 Å². The number of hydrogen-bond acceptors (Lipinski definition) is 8. The fraction of sp³-hybridized carbons (Fsp3) is 0.714. The molecule has 200 valence electrons. The third-order valence-corrected chi connectivity index (χ3v) is 5.40. The van der Waals surface area contributed by atoms with E-state index in [0.717, 1.165) is 0 Å². The molecule has 0 aliphatic rings. The largest absolute Gasteiger partial charge is 0.481 e. The van der Waals surface area contributed by atoms with Crippen LogP contribution in [0.2, 0.25) is 0 Å². The molecule has 0 aliphatic carbocycles. The highest BCUT2D eigenvalue weighted by Crippen LogP contribution is 2.11. The fourth-order valence-electron chi connectivity index (χ4n) is 3.06. The van der Waals surface area contributed by atoms with E-state index >= 15 is 0 Å². The van der Waals surface area contributed by atoms with Crippen molar-refractivity contribution in [3.05, 3.63) is 0 Å². The maximum Gasteiger partial charge on any atom is 0.326 e. The molecule has 0 saturated carbocycles. The van der Waals surface area contributed by atoms with E-state index in [4.69, 9.17) is 17.2 Å². The highest BCUT2D eigenvalue weighted by Gasteiger charge is 2.33. The Morgan fingerprint density at radius 2 is 1.46 bits per heavy atom. The van der Waals surface area contributed by atoms with E-state index in [1.807, 2.05) is 0 Å². The first-order valence-electron chi connectivity index (χ1n) is 11.4. The molecule has 14 heteroatoms. The smallest absolute Gasteiger partial charge is 0.326 e. The van der Waals surface area contributed by atoms with Crippen molar-refractivity contribution in [3.8, 4) is 0 Å². The molecular formula is C21H38N6O8. The molecule has 0 fully saturated rings. The Balaban J connectivity index is 5.50. The number of carboxylic acid groups (broad SMARTS) is 2. The number of rotatable bonds is 18. The molecule has 4 amide bonds. The lowest BCUT2D eigenvalue weighted by Gasteiger charge is -2.27. The maximum absolute atomic E-state index is 12.9. The molecule has 0 saturated heterocycles. The van der Waals surface area contributed by atoms with Crippen LogP contribution in [-0.2, 0) is 28.8 Å². The second kappa shape index (κ2) is 16.4. The van der Waals surface area contributed by atoms with E-state index in [2.05, 4.69) is 16.0 Å². The first-order valence-corrected chi connectivity index (χ1v) is 11.4. The van der Waals surface area contributed by atoms with E-state index in [9.17, 15) is 39.0 Å². The SMILES string of the molecule is CCC(C)C(NC(=O)C(CC(=O)O)NC(=O)C(N)CCCCN)C(=O)NC(CCC(N)=O)C(=O)O. The van der Waals surface area contributed by atoms with Gasteiger partial charge in [-0.3, -0.25) is 24.0 Å². The summed E-state index contributed by atoms with van der Waals surface area (Å²) in [6, 6.07) is -5.18. The fourth-order valence-corrected chi connectivity index (χ4v) is 3.06. The molecule has 14 nitrogen and oxygen atoms in total. The van der Waals surface area contributed by atoms with Crippen molar-refractivity contribution in [2.24, 2.45) is 23.1 Å². The van der Waals surface area contributed by atoms with Gasteiger partial charge in [0.2, 0.25) is 23.6 Å². The molecule has 0 aromatic heterocycles. The van der Waals surface area contributed by atoms with Gasteiger partial charge in [0.15, 0.2) is 0 Å². The number of unbranched alkanes of at least 4 members (excludes halogenated alkanes) is 1. The lowest BCUT2D eigenvalue weighted by molar-refractivity contribution is -0.144. The maximum atomic E-state index is 12.9. The average Bonchev–Trinajstić information content (AvgIpc) is 2.78. The number of nitrogens with two attached hydrogens (primary N) is 3. The van der Waals surface area contributed by atoms with E-state index in [1.54, 1.807) is 13.8 Å². The van der Waals surface area contributed by atoms with Gasteiger partial charge in [-0.25, -0.2) is 4.79 Å². The molecule has 0 heterocycles. The number of carbonyl (C=O) groups is 6. The van der Waals surface area contributed by atoms with Crippen LogP contribution in [0.3, 0.4) is 0 Å². The van der Waals surface area contributed by atoms with Crippen molar-refractivity contribution >= 4 is 35.6 Å². The van der Waals surface area contributed by atoms with Crippen LogP contribution in [-0.4, -0.2) is 76.5 Å². The van der Waals surface area contributed by atoms with Gasteiger partial charge in [0, 0.05) is 6.42 Å². The molecule has 0 spiro atoms. The normalized spacial score (nSPS) is 15.1. The van der Waals surface area contributed by atoms with Crippen LogP contribution in [0.1, 0.15) is 58.8 Å². The summed E-state index contributed by atoms with van der Waals surface area (Å²) in [5.74, 6) is -6.51. The predicted octanol–water partition coefficient (Wildman–Crippen LogP) is -2.23. The molecule has 0 aromatic carbocycles. The van der Waals surface area contributed by atoms with Crippen molar-refractivity contribution in [3.63, 3.8) is 0 Å². The van der Waals surface area contributed by atoms with Gasteiger partial charge in [-0.1, -0.05) is 26.7 Å². The number of nitrogens with one attached hydrogen (secondary N) is 3. The number of amides is 4. The van der Waals surface area contributed by atoms with Crippen LogP contribution >= 0.6 is 0 Å². The molecule has 0 radical (unpaired) electrons. The number of primary amides is 1. The molecular weight excluding hydrogens is 464 g/mol. The molecule has 0 bridgehead atoms. The monoisotopic (exact) mass is 502 g/mol. The van der Waals surface area contributed by atoms with Crippen LogP contribution in [0.4, 0.5) is 0 Å². The summed E-state index contributed by atoms with van der Waals surface area (Å²) in [7, 11) is 0. The standard InChI is InChI=1S/C21H38N6O8/c1-3-11(2)17(20(33)25-13(21(34)35)7-8-15(24)28)27-19(32)14(10-16(29)30)26-18(31)12(23)6-4-5-9-22/h11-14,17H,3-10,22-23H2,1-2H3,(H2,24,28)(H,25,33)(H,26,31)(H,27,32)(H,29,30)(H,34,35). The van der Waals surface area contributed by atoms with Crippen molar-refractivity contribution in [1.82, 2.24) is 16.0 Å². The van der Waals surface area contributed by atoms with Gasteiger partial charge in [-0.15, -0.1) is 0 Å². The highest BCUT2D eigenvalue weighted by molar-refractivity contribution is 5.95. The molecule has 5 unspecified atom stereocenters. The summed E-state index contributed by atoms with van der Waals surface area (Å²) in [6.07, 6.45) is 0.592. The Kier molecular flexibility index (Phi) is 14.9. The van der Waals surface area contributed by atoms with Crippen molar-refractivity contribution in [1.29, 1.82) is 0 Å². The number of hydrogen-bond donors (Lipinski definition) is 8. The number of carboxylic acids is 2. The summed E-state index contributed by atoms with van der Waals surface area (Å²) in [5.41, 5.74) is 16.2. The molecule has 11 N–H and O–H groups in total. The van der Waals surface area contributed by atoms with Gasteiger partial charge in [0.1, 0.15) is 18.1 Å². The average molecular weight is 503 g/mol. The summed E-state index contributed by atoms with van der Waals surface area (Å²) in [4.78, 5) is 71.8. The topological polar surface area (TPSA) is 257 Å². The zero-order valence-electron chi connectivity index (χ0n) is 20.1. The summed E-state index contributed by atoms with van der Waals surface area (Å²) >= 11 is 0. The Hall–Kier alpha value is -3.26. The van der Waals surface area contributed by atoms with Crippen LogP contribution < -0.4 is 33.2 Å². The Bertz CT molecular complexity index is 762. The summed E-state index contributed by atoms with van der Waals surface area (Å²) in [6.45, 7) is 3.78. The van der Waals surface area contributed by atoms with Gasteiger partial charge in [-0.05, 0) is 31.7 Å². The molecule has 35 heavy (non-hydrogen) atoms. The first kappa shape index (κ1) is 31.7. The van der Waals surface area contributed by atoms with Gasteiger partial charge >= 0.3 is 11.9 Å². The molecule has 5 atom stereocenters. The van der Waals surface area contributed by atoms with Gasteiger partial charge < -0.3 is 43.4 Å². The number of aliphatic carboxylic acids is 2. The Morgan fingerprint density at radius 1 is 0.857 bits per heavy atom. The molecule has 0 aromatic rings. The number of carbonyl (C=O) groups excluding carboxylic acids is 4. The second-order valence-corrected chi connectivity index (χ2v) is 8.33. The van der Waals surface area contributed by atoms with Crippen LogP contribution in [0.15, 0.2) is 0 Å². The van der Waals surface area contributed by atoms with Crippen LogP contribution in [0.5, 0.6) is 0 Å². The Morgan fingerprint density at radius 3 is 1.94 bits per heavy atom. The quantitative estimate of drug-likeness (QED) is 0.0935. The Labute approximate surface area is 203 Å². The second-order valence-electron chi connectivity index (χ2n) is 8.33. The summed E-state index contributed by atoms with van der Waals surface area (Å²) < 4.78 is 0. The predicted molar refractivity (Wildman–Crippen MR) is 124 cm³/mol. The van der Waals surface area contributed by atoms with E-state index < -0.39 is 72.1 Å². The van der Waals surface area contributed by atoms with E-state index in [1.165, 1.54) is 0 Å². The van der Waals surface area contributed by atoms with Crippen molar-refractivity contribution < 1.29 is 39.0 Å². The van der Waals surface area contributed by atoms with Crippen molar-refractivity contribution in [2.75, 3.05) is 6.54 Å². The van der Waals surface area contributed by atoms with Gasteiger partial charge in [0.05, 0.1) is 12.5 Å². The summed E-state index contributed by atoms with van der Waals surface area (Å²) in [5, 5.41) is 25.5. The first-order chi connectivity index (χ1) is 16.3. The molecule has 0 aliphatic heterocycles. The van der Waals surface area contributed by atoms with E-state index in [-0.39, 0.29) is 19.3 Å². The third-order valence-electron chi connectivity index (χ3n) is 5.40. The van der Waals surface area contributed by atoms with Crippen molar-refractivity contribution in [2.45, 2.75) is 83.0 Å². The third kappa shape index (κ3) is 12.7. The van der Waals surface area contributed by atoms with E-state index in [0.29, 0.717) is 25.8 Å². The lowest BCUT2D eigenvalue weighted by Crippen LogP contribution is -2.59. The zero-order valence-corrected chi connectivity index (χ0v) is 20.1.